The van der Waals surface area contributed by atoms with Crippen LogP contribution in [-0.4, -0.2) is 88.6 Å². The van der Waals surface area contributed by atoms with Crippen LogP contribution in [0.2, 0.25) is 0 Å². The van der Waals surface area contributed by atoms with Gasteiger partial charge in [-0.25, -0.2) is 4.79 Å². The Morgan fingerprint density at radius 1 is 0.614 bits per heavy atom. The van der Waals surface area contributed by atoms with Gasteiger partial charge in [-0.1, -0.05) is 123 Å². The summed E-state index contributed by atoms with van der Waals surface area (Å²) in [5.74, 6) is -0.330. The number of benzene rings is 5. The average molecular weight is 946 g/mol. The molecule has 3 heterocycles. The maximum atomic E-state index is 14.3. The van der Waals surface area contributed by atoms with E-state index in [1.807, 2.05) is 60.7 Å². The molecular weight excluding hydrogens is 883 g/mol. The Hall–Kier alpha value is -7.28. The van der Waals surface area contributed by atoms with Gasteiger partial charge in [-0.15, -0.1) is 0 Å². The Morgan fingerprint density at radius 2 is 1.11 bits per heavy atom. The highest BCUT2D eigenvalue weighted by Gasteiger charge is 2.39. The number of nitrogens with zero attached hydrogens (tertiary/aromatic N) is 3. The molecule has 2 saturated heterocycles. The van der Waals surface area contributed by atoms with Crippen molar-refractivity contribution in [1.29, 1.82) is 0 Å². The minimum atomic E-state index is -1.01. The average Bonchev–Trinajstić information content (AvgIpc) is 4.15. The van der Waals surface area contributed by atoms with Crippen molar-refractivity contribution >= 4 is 57.2 Å². The molecule has 4 atom stereocenters. The molecule has 8 rings (SSSR count). The SMILES string of the molecule is CCCCCCOc1ccc(Cn2c3cc(CC(=O)[C@@H]4CCCN4C(=O)[C@H](NC(C)=O)c4ccccc4)ccc3c3ccc(CC(=O)[C@@H]4CCCN4C(=O)[C@H](NC(=O)OC)c4ccccc4)cc32)cc1. The summed E-state index contributed by atoms with van der Waals surface area (Å²) in [6.07, 6.45) is 6.35. The molecule has 13 heteroatoms. The van der Waals surface area contributed by atoms with Crippen LogP contribution in [-0.2, 0) is 48.1 Å². The Balaban J connectivity index is 1.07. The molecule has 2 aliphatic rings. The van der Waals surface area contributed by atoms with Crippen LogP contribution in [0.15, 0.2) is 121 Å². The van der Waals surface area contributed by atoms with Gasteiger partial charge >= 0.3 is 6.09 Å². The number of hydrogen-bond acceptors (Lipinski definition) is 8. The van der Waals surface area contributed by atoms with Gasteiger partial charge in [-0.3, -0.25) is 24.0 Å². The number of alkyl carbamates (subject to hydrolysis) is 1. The second kappa shape index (κ2) is 22.9. The molecule has 70 heavy (non-hydrogen) atoms. The first-order valence-electron chi connectivity index (χ1n) is 24.7. The number of hydrogen-bond donors (Lipinski definition) is 2. The lowest BCUT2D eigenvalue weighted by atomic mass is 9.98. The highest BCUT2D eigenvalue weighted by molar-refractivity contribution is 6.09. The fraction of sp³-hybridized carbons (Fsp3) is 0.368. The van der Waals surface area contributed by atoms with Gasteiger partial charge in [-0.05, 0) is 84.2 Å². The lowest BCUT2D eigenvalue weighted by Crippen LogP contribution is -2.47. The number of carbonyl (C=O) groups is 6. The molecule has 0 bridgehead atoms. The Morgan fingerprint density at radius 3 is 1.60 bits per heavy atom. The minimum absolute atomic E-state index is 0.0656. The molecule has 364 valence electrons. The molecular formula is C57H63N5O8. The van der Waals surface area contributed by atoms with E-state index in [4.69, 9.17) is 9.47 Å². The number of carbonyl (C=O) groups excluding carboxylic acids is 6. The van der Waals surface area contributed by atoms with Gasteiger partial charge < -0.3 is 34.5 Å². The quantitative estimate of drug-likeness (QED) is 0.0719. The number of amides is 4. The molecule has 2 N–H and O–H groups in total. The number of nitrogens with one attached hydrogen (secondary N) is 2. The van der Waals surface area contributed by atoms with E-state index in [1.54, 1.807) is 46.2 Å². The van der Waals surface area contributed by atoms with Crippen LogP contribution >= 0.6 is 0 Å². The van der Waals surface area contributed by atoms with Gasteiger partial charge in [0.15, 0.2) is 11.6 Å². The number of rotatable bonds is 20. The molecule has 4 amide bonds. The van der Waals surface area contributed by atoms with Crippen molar-refractivity contribution < 1.29 is 38.2 Å². The van der Waals surface area contributed by atoms with E-state index in [-0.39, 0.29) is 42.1 Å². The molecule has 5 aromatic carbocycles. The number of ether oxygens (including phenoxy) is 2. The van der Waals surface area contributed by atoms with Crippen LogP contribution < -0.4 is 15.4 Å². The number of likely N-dealkylation sites (tertiary alicyclic amines) is 2. The van der Waals surface area contributed by atoms with Crippen molar-refractivity contribution in [3.8, 4) is 5.75 Å². The zero-order chi connectivity index (χ0) is 49.1. The first kappa shape index (κ1) is 49.2. The number of Topliss-reactive ketones (excluding diaryl/α,β-unsaturated/α-hetero) is 2. The fourth-order valence-electron chi connectivity index (χ4n) is 10.1. The molecule has 6 aromatic rings. The summed E-state index contributed by atoms with van der Waals surface area (Å²) >= 11 is 0. The van der Waals surface area contributed by atoms with Crippen molar-refractivity contribution in [3.63, 3.8) is 0 Å². The summed E-state index contributed by atoms with van der Waals surface area (Å²) in [6, 6.07) is 35.2. The molecule has 2 fully saturated rings. The van der Waals surface area contributed by atoms with Crippen molar-refractivity contribution in [2.45, 2.75) is 109 Å². The Kier molecular flexibility index (Phi) is 16.1. The van der Waals surface area contributed by atoms with E-state index in [0.717, 1.165) is 63.5 Å². The third kappa shape index (κ3) is 11.4. The zero-order valence-corrected chi connectivity index (χ0v) is 40.4. The van der Waals surface area contributed by atoms with Crippen molar-refractivity contribution in [1.82, 2.24) is 25.0 Å². The highest BCUT2D eigenvalue weighted by atomic mass is 16.5. The number of aromatic nitrogens is 1. The molecule has 13 nitrogen and oxygen atoms in total. The lowest BCUT2D eigenvalue weighted by molar-refractivity contribution is -0.140. The van der Waals surface area contributed by atoms with Crippen molar-refractivity contribution in [2.75, 3.05) is 26.8 Å². The first-order valence-corrected chi connectivity index (χ1v) is 24.7. The normalized spacial score (nSPS) is 16.5. The van der Waals surface area contributed by atoms with Gasteiger partial charge in [0.1, 0.15) is 17.8 Å². The van der Waals surface area contributed by atoms with E-state index in [9.17, 15) is 28.8 Å². The largest absolute Gasteiger partial charge is 0.494 e. The van der Waals surface area contributed by atoms with E-state index in [2.05, 4.69) is 46.4 Å². The third-order valence-corrected chi connectivity index (χ3v) is 13.7. The van der Waals surface area contributed by atoms with E-state index in [1.165, 1.54) is 20.5 Å². The zero-order valence-electron chi connectivity index (χ0n) is 40.4. The molecule has 1 aromatic heterocycles. The summed E-state index contributed by atoms with van der Waals surface area (Å²) < 4.78 is 13.1. The summed E-state index contributed by atoms with van der Waals surface area (Å²) in [5, 5.41) is 7.47. The topological polar surface area (TPSA) is 156 Å². The van der Waals surface area contributed by atoms with Crippen LogP contribution in [0.1, 0.15) is 105 Å². The second-order valence-corrected chi connectivity index (χ2v) is 18.5. The van der Waals surface area contributed by atoms with E-state index >= 15 is 0 Å². The summed E-state index contributed by atoms with van der Waals surface area (Å²) in [6.45, 7) is 5.55. The van der Waals surface area contributed by atoms with Gasteiger partial charge in [0.2, 0.25) is 11.8 Å². The van der Waals surface area contributed by atoms with Gasteiger partial charge in [0, 0.05) is 61.2 Å². The van der Waals surface area contributed by atoms with Gasteiger partial charge in [0.25, 0.3) is 5.91 Å². The van der Waals surface area contributed by atoms with Crippen molar-refractivity contribution in [3.05, 3.63) is 149 Å². The predicted molar refractivity (Wildman–Crippen MR) is 269 cm³/mol. The number of fused-ring (bicyclic) bond motifs is 3. The highest BCUT2D eigenvalue weighted by Crippen LogP contribution is 2.34. The van der Waals surface area contributed by atoms with E-state index in [0.29, 0.717) is 63.1 Å². The number of ketones is 2. The molecule has 0 saturated carbocycles. The summed E-state index contributed by atoms with van der Waals surface area (Å²) in [5.41, 5.74) is 5.75. The standard InChI is InChI=1S/C57H63N5O8/c1-4-5-6-13-32-70-44-26-22-39(23-27-44)37-62-49-33-40(35-51(64)47-20-14-30-60(47)55(66)53(58-38(2)63)42-16-9-7-10-17-42)24-28-45(49)46-29-25-41(34-50(46)62)36-52(65)48-21-15-31-61(48)56(67)54(59-57(68)69-3)43-18-11-8-12-19-43/h7-12,16-19,22-29,33-34,47-48,53-54H,4-6,13-15,20-21,30-32,35-37H2,1-3H3,(H,58,63)(H,59,68)/t47-,48-,53+,54+/m0/s1. The van der Waals surface area contributed by atoms with Crippen molar-refractivity contribution in [2.24, 2.45) is 0 Å². The Labute approximate surface area is 409 Å². The second-order valence-electron chi connectivity index (χ2n) is 18.5. The predicted octanol–water partition coefficient (Wildman–Crippen LogP) is 8.98. The maximum absolute atomic E-state index is 14.3. The van der Waals surface area contributed by atoms with Crippen LogP contribution in [0.3, 0.4) is 0 Å². The Bertz CT molecular complexity index is 2830. The number of methoxy groups -OCH3 is 1. The summed E-state index contributed by atoms with van der Waals surface area (Å²) in [4.78, 5) is 84.7. The first-order chi connectivity index (χ1) is 34.0. The molecule has 2 aliphatic heterocycles. The lowest BCUT2D eigenvalue weighted by Gasteiger charge is -2.28. The van der Waals surface area contributed by atoms with Crippen LogP contribution in [0.5, 0.6) is 5.75 Å². The smallest absolute Gasteiger partial charge is 0.407 e. The van der Waals surface area contributed by atoms with Crippen LogP contribution in [0.25, 0.3) is 21.8 Å². The minimum Gasteiger partial charge on any atom is -0.494 e. The molecule has 0 unspecified atom stereocenters. The summed E-state index contributed by atoms with van der Waals surface area (Å²) in [7, 11) is 1.25. The van der Waals surface area contributed by atoms with Crippen LogP contribution in [0, 0.1) is 0 Å². The van der Waals surface area contributed by atoms with E-state index < -0.39 is 30.3 Å². The monoisotopic (exact) mass is 945 g/mol. The molecule has 0 aliphatic carbocycles. The maximum Gasteiger partial charge on any atom is 0.407 e. The molecule has 0 spiro atoms. The van der Waals surface area contributed by atoms with Crippen LogP contribution in [0.4, 0.5) is 4.79 Å². The van der Waals surface area contributed by atoms with Gasteiger partial charge in [0.05, 0.1) is 25.8 Å². The van der Waals surface area contributed by atoms with Gasteiger partial charge in [-0.2, -0.15) is 0 Å². The third-order valence-electron chi connectivity index (χ3n) is 13.7. The fourth-order valence-corrected chi connectivity index (χ4v) is 10.1. The number of unbranched alkanes of at least 4 members (excludes halogenated alkanes) is 3. The molecule has 0 radical (unpaired) electrons.